The molecule has 0 aromatic heterocycles. The predicted molar refractivity (Wildman–Crippen MR) is 67.9 cm³/mol. The minimum atomic E-state index is -1.41. The van der Waals surface area contributed by atoms with E-state index in [-0.39, 0.29) is 18.4 Å². The molecule has 1 heterocycles. The van der Waals surface area contributed by atoms with Gasteiger partial charge in [0, 0.05) is 13.2 Å². The summed E-state index contributed by atoms with van der Waals surface area (Å²) in [7, 11) is 0. The van der Waals surface area contributed by atoms with Crippen molar-refractivity contribution in [1.82, 2.24) is 5.32 Å². The molecule has 6 heteroatoms. The van der Waals surface area contributed by atoms with Gasteiger partial charge < -0.3 is 15.2 Å². The molecular formula is C14H17F2NO3. The van der Waals surface area contributed by atoms with E-state index < -0.39 is 23.3 Å². The lowest BCUT2D eigenvalue weighted by Gasteiger charge is -2.22. The summed E-state index contributed by atoms with van der Waals surface area (Å²) in [6.07, 6.45) is 0.114. The number of nitrogens with one attached hydrogen (secondary N) is 1. The largest absolute Gasteiger partial charge is 0.386 e. The van der Waals surface area contributed by atoms with Crippen LogP contribution in [0.15, 0.2) is 18.2 Å². The van der Waals surface area contributed by atoms with E-state index in [4.69, 9.17) is 4.74 Å². The maximum atomic E-state index is 13.4. The summed E-state index contributed by atoms with van der Waals surface area (Å²) in [5, 5.41) is 12.3. The van der Waals surface area contributed by atoms with Gasteiger partial charge in [0.25, 0.3) is 0 Å². The van der Waals surface area contributed by atoms with E-state index in [1.165, 1.54) is 6.07 Å². The molecule has 2 rings (SSSR count). The van der Waals surface area contributed by atoms with Gasteiger partial charge in [-0.15, -0.1) is 0 Å². The SMILES string of the molecule is O=C(NC[C@H](O)c1c(F)cccc1F)[C@@H]1CCCOC1. The summed E-state index contributed by atoms with van der Waals surface area (Å²) in [4.78, 5) is 11.8. The molecule has 1 saturated heterocycles. The van der Waals surface area contributed by atoms with Gasteiger partial charge in [-0.05, 0) is 25.0 Å². The minimum absolute atomic E-state index is 0.229. The van der Waals surface area contributed by atoms with Crippen LogP contribution < -0.4 is 5.32 Å². The van der Waals surface area contributed by atoms with Gasteiger partial charge >= 0.3 is 0 Å². The van der Waals surface area contributed by atoms with Crippen molar-refractivity contribution in [2.24, 2.45) is 5.92 Å². The third-order valence-electron chi connectivity index (χ3n) is 3.33. The van der Waals surface area contributed by atoms with Gasteiger partial charge in [0.15, 0.2) is 0 Å². The summed E-state index contributed by atoms with van der Waals surface area (Å²) in [6, 6.07) is 3.36. The first-order valence-corrected chi connectivity index (χ1v) is 6.57. The van der Waals surface area contributed by atoms with Gasteiger partial charge in [-0.3, -0.25) is 4.79 Å². The number of carbonyl (C=O) groups is 1. The first-order valence-electron chi connectivity index (χ1n) is 6.57. The quantitative estimate of drug-likeness (QED) is 0.882. The van der Waals surface area contributed by atoms with Crippen molar-refractivity contribution in [2.45, 2.75) is 18.9 Å². The molecule has 0 saturated carbocycles. The number of amides is 1. The molecule has 1 aliphatic heterocycles. The fourth-order valence-electron chi connectivity index (χ4n) is 2.22. The Hall–Kier alpha value is -1.53. The Bertz CT molecular complexity index is 455. The number of aliphatic hydroxyl groups excluding tert-OH is 1. The lowest BCUT2D eigenvalue weighted by molar-refractivity contribution is -0.129. The maximum Gasteiger partial charge on any atom is 0.225 e. The average molecular weight is 285 g/mol. The predicted octanol–water partition coefficient (Wildman–Crippen LogP) is 1.54. The average Bonchev–Trinajstić information content (AvgIpc) is 2.45. The summed E-state index contributed by atoms with van der Waals surface area (Å²) < 4.78 is 32.1. The molecule has 1 aromatic rings. The van der Waals surface area contributed by atoms with Crippen molar-refractivity contribution >= 4 is 5.91 Å². The van der Waals surface area contributed by atoms with Crippen molar-refractivity contribution in [3.63, 3.8) is 0 Å². The Labute approximate surface area is 115 Å². The highest BCUT2D eigenvalue weighted by Gasteiger charge is 2.23. The molecule has 20 heavy (non-hydrogen) atoms. The van der Waals surface area contributed by atoms with Crippen LogP contribution in [0.3, 0.4) is 0 Å². The Balaban J connectivity index is 1.91. The molecule has 1 aliphatic rings. The van der Waals surface area contributed by atoms with Crippen LogP contribution in [0, 0.1) is 17.6 Å². The van der Waals surface area contributed by atoms with Gasteiger partial charge in [0.1, 0.15) is 17.7 Å². The number of aliphatic hydroxyl groups is 1. The van der Waals surface area contributed by atoms with Crippen molar-refractivity contribution in [3.05, 3.63) is 35.4 Å². The third kappa shape index (κ3) is 3.52. The normalized spacial score (nSPS) is 20.4. The molecule has 110 valence electrons. The molecule has 0 aliphatic carbocycles. The molecule has 4 nitrogen and oxygen atoms in total. The van der Waals surface area contributed by atoms with Crippen LogP contribution >= 0.6 is 0 Å². The Morgan fingerprint density at radius 1 is 1.45 bits per heavy atom. The topological polar surface area (TPSA) is 58.6 Å². The van der Waals surface area contributed by atoms with Crippen molar-refractivity contribution in [2.75, 3.05) is 19.8 Å². The van der Waals surface area contributed by atoms with E-state index in [1.807, 2.05) is 0 Å². The van der Waals surface area contributed by atoms with Crippen LogP contribution in [0.25, 0.3) is 0 Å². The highest BCUT2D eigenvalue weighted by atomic mass is 19.1. The van der Waals surface area contributed by atoms with Gasteiger partial charge in [-0.2, -0.15) is 0 Å². The fourth-order valence-corrected chi connectivity index (χ4v) is 2.22. The Morgan fingerprint density at radius 2 is 2.15 bits per heavy atom. The maximum absolute atomic E-state index is 13.4. The second kappa shape index (κ2) is 6.76. The van der Waals surface area contributed by atoms with E-state index >= 15 is 0 Å². The van der Waals surface area contributed by atoms with Gasteiger partial charge in [0.2, 0.25) is 5.91 Å². The molecule has 1 fully saturated rings. The molecular weight excluding hydrogens is 268 g/mol. The molecule has 0 bridgehead atoms. The first kappa shape index (κ1) is 14.9. The molecule has 0 radical (unpaired) electrons. The number of benzene rings is 1. The van der Waals surface area contributed by atoms with Crippen molar-refractivity contribution in [1.29, 1.82) is 0 Å². The number of ether oxygens (including phenoxy) is 1. The van der Waals surface area contributed by atoms with Crippen LogP contribution in [-0.2, 0) is 9.53 Å². The third-order valence-corrected chi connectivity index (χ3v) is 3.33. The van der Waals surface area contributed by atoms with E-state index in [1.54, 1.807) is 0 Å². The summed E-state index contributed by atoms with van der Waals surface area (Å²) in [5.74, 6) is -2.18. The smallest absolute Gasteiger partial charge is 0.225 e. The number of hydrogen-bond acceptors (Lipinski definition) is 3. The van der Waals surface area contributed by atoms with Crippen LogP contribution in [0.2, 0.25) is 0 Å². The van der Waals surface area contributed by atoms with E-state index in [9.17, 15) is 18.7 Å². The van der Waals surface area contributed by atoms with Gasteiger partial charge in [-0.1, -0.05) is 6.07 Å². The zero-order valence-electron chi connectivity index (χ0n) is 10.9. The van der Waals surface area contributed by atoms with E-state index in [2.05, 4.69) is 5.32 Å². The van der Waals surface area contributed by atoms with Crippen LogP contribution in [0.5, 0.6) is 0 Å². The summed E-state index contributed by atoms with van der Waals surface area (Å²) >= 11 is 0. The standard InChI is InChI=1S/C14H17F2NO3/c15-10-4-1-5-11(16)13(10)12(18)7-17-14(19)9-3-2-6-20-8-9/h1,4-5,9,12,18H,2-3,6-8H2,(H,17,19)/t9-,12+/m1/s1. The lowest BCUT2D eigenvalue weighted by atomic mass is 10.0. The first-order chi connectivity index (χ1) is 9.59. The zero-order chi connectivity index (χ0) is 14.5. The number of rotatable bonds is 4. The molecule has 1 amide bonds. The molecule has 2 N–H and O–H groups in total. The van der Waals surface area contributed by atoms with Gasteiger partial charge in [-0.25, -0.2) is 8.78 Å². The Kier molecular flexibility index (Phi) is 5.03. The lowest BCUT2D eigenvalue weighted by Crippen LogP contribution is -2.37. The van der Waals surface area contributed by atoms with Crippen molar-refractivity contribution in [3.8, 4) is 0 Å². The van der Waals surface area contributed by atoms with Crippen LogP contribution in [0.4, 0.5) is 8.78 Å². The monoisotopic (exact) mass is 285 g/mol. The van der Waals surface area contributed by atoms with Crippen molar-refractivity contribution < 1.29 is 23.4 Å². The highest BCUT2D eigenvalue weighted by Crippen LogP contribution is 2.20. The van der Waals surface area contributed by atoms with E-state index in [0.717, 1.165) is 25.0 Å². The fraction of sp³-hybridized carbons (Fsp3) is 0.500. The molecule has 2 atom stereocenters. The number of carbonyl (C=O) groups excluding carboxylic acids is 1. The van der Waals surface area contributed by atoms with Gasteiger partial charge in [0.05, 0.1) is 18.1 Å². The van der Waals surface area contributed by atoms with Crippen LogP contribution in [-0.4, -0.2) is 30.8 Å². The summed E-state index contributed by atoms with van der Waals surface area (Å²) in [5.41, 5.74) is -0.423. The van der Waals surface area contributed by atoms with E-state index in [0.29, 0.717) is 13.2 Å². The molecule has 1 aromatic carbocycles. The second-order valence-corrected chi connectivity index (χ2v) is 4.81. The summed E-state index contributed by atoms with van der Waals surface area (Å²) in [6.45, 7) is 0.760. The number of halogens is 2. The number of hydrogen-bond donors (Lipinski definition) is 2. The molecule has 0 spiro atoms. The minimum Gasteiger partial charge on any atom is -0.386 e. The molecule has 0 unspecified atom stereocenters. The zero-order valence-corrected chi connectivity index (χ0v) is 10.9. The van der Waals surface area contributed by atoms with Crippen LogP contribution in [0.1, 0.15) is 24.5 Å². The second-order valence-electron chi connectivity index (χ2n) is 4.81. The Morgan fingerprint density at radius 3 is 2.75 bits per heavy atom. The highest BCUT2D eigenvalue weighted by molar-refractivity contribution is 5.78.